The van der Waals surface area contributed by atoms with Crippen LogP contribution in [0.3, 0.4) is 0 Å². The highest BCUT2D eigenvalue weighted by molar-refractivity contribution is 7.99. The molecule has 0 aliphatic heterocycles. The minimum atomic E-state index is 0.518. The van der Waals surface area contributed by atoms with Gasteiger partial charge in [0.2, 0.25) is 0 Å². The van der Waals surface area contributed by atoms with Crippen LogP contribution in [-0.2, 0) is 0 Å². The number of benzene rings is 1. The van der Waals surface area contributed by atoms with Crippen molar-refractivity contribution in [1.82, 2.24) is 5.32 Å². The molecule has 2 heteroatoms. The summed E-state index contributed by atoms with van der Waals surface area (Å²) in [6.45, 7) is 7.00. The van der Waals surface area contributed by atoms with Gasteiger partial charge in [0, 0.05) is 11.3 Å². The average Bonchev–Trinajstić information content (AvgIpc) is 2.39. The summed E-state index contributed by atoms with van der Waals surface area (Å²) in [5.74, 6) is 2.79. The molecule has 0 radical (unpaired) electrons. The predicted molar refractivity (Wildman–Crippen MR) is 87.0 cm³/mol. The van der Waals surface area contributed by atoms with Crippen molar-refractivity contribution >= 4 is 11.8 Å². The van der Waals surface area contributed by atoms with Crippen molar-refractivity contribution in [3.05, 3.63) is 35.4 Å². The van der Waals surface area contributed by atoms with Crippen molar-refractivity contribution in [3.8, 4) is 0 Å². The number of hydrogen-bond donors (Lipinski definition) is 1. The molecule has 3 atom stereocenters. The maximum atomic E-state index is 3.55. The lowest BCUT2D eigenvalue weighted by atomic mass is 9.81. The summed E-state index contributed by atoms with van der Waals surface area (Å²) in [5, 5.41) is 4.26. The first kappa shape index (κ1) is 14.9. The zero-order valence-electron chi connectivity index (χ0n) is 12.6. The van der Waals surface area contributed by atoms with E-state index in [0.717, 1.165) is 5.92 Å². The molecule has 0 bridgehead atoms. The highest BCUT2D eigenvalue weighted by Gasteiger charge is 2.32. The van der Waals surface area contributed by atoms with Gasteiger partial charge in [0.1, 0.15) is 0 Å². The van der Waals surface area contributed by atoms with E-state index in [-0.39, 0.29) is 0 Å². The molecule has 1 N–H and O–H groups in total. The fourth-order valence-corrected chi connectivity index (χ4v) is 4.83. The Morgan fingerprint density at radius 1 is 1.26 bits per heavy atom. The Morgan fingerprint density at radius 3 is 2.58 bits per heavy atom. The van der Waals surface area contributed by atoms with Gasteiger partial charge in [0.15, 0.2) is 0 Å². The zero-order chi connectivity index (χ0) is 13.8. The van der Waals surface area contributed by atoms with Crippen molar-refractivity contribution in [3.63, 3.8) is 0 Å². The van der Waals surface area contributed by atoms with E-state index in [0.29, 0.717) is 17.2 Å². The van der Waals surface area contributed by atoms with Crippen molar-refractivity contribution in [2.75, 3.05) is 12.8 Å². The highest BCUT2D eigenvalue weighted by Crippen LogP contribution is 2.42. The molecule has 0 aromatic heterocycles. The normalized spacial score (nSPS) is 26.5. The Kier molecular flexibility index (Phi) is 5.35. The molecule has 0 spiro atoms. The fourth-order valence-electron chi connectivity index (χ4n) is 3.02. The van der Waals surface area contributed by atoms with Crippen LogP contribution in [0.1, 0.15) is 56.7 Å². The predicted octanol–water partition coefficient (Wildman–Crippen LogP) is 4.60. The van der Waals surface area contributed by atoms with E-state index in [2.05, 4.69) is 69.2 Å². The van der Waals surface area contributed by atoms with E-state index >= 15 is 0 Å². The van der Waals surface area contributed by atoms with Crippen LogP contribution in [0.2, 0.25) is 0 Å². The molecule has 0 saturated carbocycles. The molecule has 106 valence electrons. The van der Waals surface area contributed by atoms with Crippen LogP contribution in [0.15, 0.2) is 24.3 Å². The van der Waals surface area contributed by atoms with Gasteiger partial charge in [-0.1, -0.05) is 45.0 Å². The smallest absolute Gasteiger partial charge is 0.0441 e. The Hall–Kier alpha value is -0.470. The van der Waals surface area contributed by atoms with Gasteiger partial charge in [-0.3, -0.25) is 0 Å². The molecule has 1 nitrogen and oxygen atoms in total. The summed E-state index contributed by atoms with van der Waals surface area (Å²) in [6, 6.07) is 9.48. The third-order valence-corrected chi connectivity index (χ3v) is 5.52. The molecule has 0 amide bonds. The lowest BCUT2D eigenvalue weighted by Gasteiger charge is -2.36. The van der Waals surface area contributed by atoms with E-state index in [1.807, 2.05) is 0 Å². The van der Waals surface area contributed by atoms with E-state index in [1.165, 1.54) is 24.2 Å². The summed E-state index contributed by atoms with van der Waals surface area (Å²) in [6.07, 6.45) is 2.62. The lowest BCUT2D eigenvalue weighted by Crippen LogP contribution is -2.33. The minimum absolute atomic E-state index is 0.518. The largest absolute Gasteiger partial charge is 0.312 e. The minimum Gasteiger partial charge on any atom is -0.312 e. The van der Waals surface area contributed by atoms with Gasteiger partial charge in [0.05, 0.1) is 0 Å². The van der Waals surface area contributed by atoms with Gasteiger partial charge >= 0.3 is 0 Å². The number of fused-ring (bicyclic) bond motifs is 1. The molecule has 1 aromatic rings. The molecular weight excluding hydrogens is 250 g/mol. The number of thioether (sulfide) groups is 1. The molecular formula is C17H27NS. The van der Waals surface area contributed by atoms with E-state index < -0.39 is 0 Å². The average molecular weight is 277 g/mol. The second-order valence-corrected chi connectivity index (χ2v) is 7.47. The van der Waals surface area contributed by atoms with Crippen molar-refractivity contribution < 1.29 is 0 Å². The summed E-state index contributed by atoms with van der Waals surface area (Å²) >= 11 is 2.16. The molecule has 0 fully saturated rings. The standard InChI is InChI=1S/C17H27NS/c1-12(2)9-10-19-16-11-13(3)14-7-5-6-8-15(14)17(16)18-4/h5-8,12-13,16-18H,9-11H2,1-4H3. The van der Waals surface area contributed by atoms with E-state index in [9.17, 15) is 0 Å². The van der Waals surface area contributed by atoms with Gasteiger partial charge < -0.3 is 5.32 Å². The Bertz CT molecular complexity index is 402. The van der Waals surface area contributed by atoms with Gasteiger partial charge in [-0.05, 0) is 48.6 Å². The van der Waals surface area contributed by atoms with Crippen LogP contribution < -0.4 is 5.32 Å². The molecule has 2 rings (SSSR count). The topological polar surface area (TPSA) is 12.0 Å². The number of hydrogen-bond acceptors (Lipinski definition) is 2. The molecule has 1 aliphatic rings. The van der Waals surface area contributed by atoms with E-state index in [4.69, 9.17) is 0 Å². The van der Waals surface area contributed by atoms with Crippen LogP contribution in [0.5, 0.6) is 0 Å². The summed E-state index contributed by atoms with van der Waals surface area (Å²) in [4.78, 5) is 0. The van der Waals surface area contributed by atoms with Crippen LogP contribution >= 0.6 is 11.8 Å². The monoisotopic (exact) mass is 277 g/mol. The quantitative estimate of drug-likeness (QED) is 0.844. The number of nitrogens with one attached hydrogen (secondary N) is 1. The molecule has 19 heavy (non-hydrogen) atoms. The molecule has 0 saturated heterocycles. The van der Waals surface area contributed by atoms with Crippen LogP contribution in [0.25, 0.3) is 0 Å². The van der Waals surface area contributed by atoms with Crippen molar-refractivity contribution in [2.24, 2.45) is 5.92 Å². The molecule has 0 heterocycles. The number of rotatable bonds is 5. The summed E-state index contributed by atoms with van der Waals surface area (Å²) in [5.41, 5.74) is 3.06. The highest BCUT2D eigenvalue weighted by atomic mass is 32.2. The second-order valence-electron chi connectivity index (χ2n) is 6.12. The van der Waals surface area contributed by atoms with Gasteiger partial charge in [-0.2, -0.15) is 11.8 Å². The van der Waals surface area contributed by atoms with Gasteiger partial charge in [-0.25, -0.2) is 0 Å². The maximum Gasteiger partial charge on any atom is 0.0441 e. The van der Waals surface area contributed by atoms with Gasteiger partial charge in [0.25, 0.3) is 0 Å². The lowest BCUT2D eigenvalue weighted by molar-refractivity contribution is 0.472. The zero-order valence-corrected chi connectivity index (χ0v) is 13.5. The summed E-state index contributed by atoms with van der Waals surface area (Å²) in [7, 11) is 2.10. The first-order chi connectivity index (χ1) is 9.13. The van der Waals surface area contributed by atoms with Crippen molar-refractivity contribution in [1.29, 1.82) is 0 Å². The molecule has 3 unspecified atom stereocenters. The first-order valence-corrected chi connectivity index (χ1v) is 8.56. The van der Waals surface area contributed by atoms with Crippen molar-refractivity contribution in [2.45, 2.75) is 50.8 Å². The van der Waals surface area contributed by atoms with Crippen LogP contribution in [-0.4, -0.2) is 18.1 Å². The second kappa shape index (κ2) is 6.81. The molecule has 1 aromatic carbocycles. The fraction of sp³-hybridized carbons (Fsp3) is 0.647. The Morgan fingerprint density at radius 2 is 1.95 bits per heavy atom. The third kappa shape index (κ3) is 3.55. The first-order valence-electron chi connectivity index (χ1n) is 7.51. The molecule has 1 aliphatic carbocycles. The van der Waals surface area contributed by atoms with Crippen LogP contribution in [0, 0.1) is 5.92 Å². The third-order valence-electron chi connectivity index (χ3n) is 4.16. The Balaban J connectivity index is 2.10. The SMILES string of the molecule is CNC1c2ccccc2C(C)CC1SCCC(C)C. The van der Waals surface area contributed by atoms with Crippen LogP contribution in [0.4, 0.5) is 0 Å². The Labute approximate surface area is 122 Å². The summed E-state index contributed by atoms with van der Waals surface area (Å²) < 4.78 is 0. The van der Waals surface area contributed by atoms with E-state index in [1.54, 1.807) is 5.56 Å². The maximum absolute atomic E-state index is 3.55. The van der Waals surface area contributed by atoms with Gasteiger partial charge in [-0.15, -0.1) is 0 Å².